The van der Waals surface area contributed by atoms with Gasteiger partial charge in [0.1, 0.15) is 11.5 Å². The first-order valence-corrected chi connectivity index (χ1v) is 6.76. The van der Waals surface area contributed by atoms with Crippen LogP contribution in [0.5, 0.6) is 0 Å². The molecule has 0 bridgehead atoms. The smallest absolute Gasteiger partial charge is 0.142 e. The van der Waals surface area contributed by atoms with Gasteiger partial charge < -0.3 is 4.40 Å². The van der Waals surface area contributed by atoms with E-state index >= 15 is 0 Å². The standard InChI is InChI=1S/C12H15FN2.C2H6.C2H4/c1-4-5-10-7-15-6-8(2)14-12(15)9(3)11(10)13;2*1-2/h6-7H,4-5H2,1-3H3;1-2H3;1-2H2. The molecule has 2 heterocycles. The van der Waals surface area contributed by atoms with Crippen LogP contribution in [-0.2, 0) is 6.42 Å². The first-order chi connectivity index (χ1) is 9.13. The van der Waals surface area contributed by atoms with Gasteiger partial charge in [-0.05, 0) is 20.3 Å². The van der Waals surface area contributed by atoms with Gasteiger partial charge in [0.2, 0.25) is 0 Å². The highest BCUT2D eigenvalue weighted by Crippen LogP contribution is 2.19. The second-order valence-electron chi connectivity index (χ2n) is 3.96. The fourth-order valence-corrected chi connectivity index (χ4v) is 1.90. The van der Waals surface area contributed by atoms with Crippen LogP contribution in [0.15, 0.2) is 25.6 Å². The van der Waals surface area contributed by atoms with E-state index < -0.39 is 0 Å². The topological polar surface area (TPSA) is 17.3 Å². The van der Waals surface area contributed by atoms with E-state index in [1.54, 1.807) is 6.92 Å². The highest BCUT2D eigenvalue weighted by Gasteiger charge is 2.11. The number of aromatic nitrogens is 2. The molecule has 0 fully saturated rings. The van der Waals surface area contributed by atoms with Crippen molar-refractivity contribution in [3.05, 3.63) is 48.2 Å². The summed E-state index contributed by atoms with van der Waals surface area (Å²) in [5.41, 5.74) is 3.07. The molecular weight excluding hydrogens is 239 g/mol. The molecule has 2 aromatic rings. The summed E-state index contributed by atoms with van der Waals surface area (Å²) in [6.45, 7) is 15.8. The van der Waals surface area contributed by atoms with E-state index in [0.29, 0.717) is 5.56 Å². The van der Waals surface area contributed by atoms with Crippen molar-refractivity contribution >= 4 is 5.65 Å². The van der Waals surface area contributed by atoms with Gasteiger partial charge in [-0.3, -0.25) is 0 Å². The molecule has 0 spiro atoms. The Bertz CT molecular complexity index is 515. The van der Waals surface area contributed by atoms with Crippen molar-refractivity contribution in [3.63, 3.8) is 0 Å². The maximum absolute atomic E-state index is 13.9. The average molecular weight is 264 g/mol. The summed E-state index contributed by atoms with van der Waals surface area (Å²) in [6, 6.07) is 0. The minimum Gasteiger partial charge on any atom is -0.306 e. The summed E-state index contributed by atoms with van der Waals surface area (Å²) in [5.74, 6) is -0.102. The molecule has 19 heavy (non-hydrogen) atoms. The molecule has 2 nitrogen and oxygen atoms in total. The summed E-state index contributed by atoms with van der Waals surface area (Å²) in [4.78, 5) is 4.30. The third kappa shape index (κ3) is 3.91. The van der Waals surface area contributed by atoms with Gasteiger partial charge in [-0.1, -0.05) is 27.2 Å². The normalized spacial score (nSPS) is 9.37. The molecule has 0 aliphatic rings. The summed E-state index contributed by atoms with van der Waals surface area (Å²) in [7, 11) is 0. The summed E-state index contributed by atoms with van der Waals surface area (Å²) in [6.07, 6.45) is 5.51. The molecule has 0 aliphatic heterocycles. The molecule has 0 amide bonds. The first kappa shape index (κ1) is 17.4. The maximum atomic E-state index is 13.9. The molecule has 0 unspecified atom stereocenters. The van der Waals surface area contributed by atoms with Gasteiger partial charge in [0.25, 0.3) is 0 Å². The second-order valence-corrected chi connectivity index (χ2v) is 3.96. The number of rotatable bonds is 2. The molecule has 0 N–H and O–H groups in total. The van der Waals surface area contributed by atoms with E-state index in [-0.39, 0.29) is 5.82 Å². The Balaban J connectivity index is 0.000000741. The van der Waals surface area contributed by atoms with E-state index in [4.69, 9.17) is 0 Å². The van der Waals surface area contributed by atoms with Crippen LogP contribution in [0.1, 0.15) is 44.0 Å². The lowest BCUT2D eigenvalue weighted by Gasteiger charge is -2.06. The van der Waals surface area contributed by atoms with E-state index in [9.17, 15) is 4.39 Å². The SMILES string of the molecule is C=C.CC.CCCc1cn2cc(C)nc2c(C)c1F. The van der Waals surface area contributed by atoms with Crippen molar-refractivity contribution < 1.29 is 4.39 Å². The van der Waals surface area contributed by atoms with Gasteiger partial charge in [0.15, 0.2) is 0 Å². The quantitative estimate of drug-likeness (QED) is 0.707. The molecule has 0 saturated carbocycles. The number of nitrogens with zero attached hydrogens (tertiary/aromatic N) is 2. The fraction of sp³-hybridized carbons (Fsp3) is 0.438. The Labute approximate surface area is 116 Å². The van der Waals surface area contributed by atoms with Gasteiger partial charge in [0.05, 0.1) is 5.69 Å². The zero-order valence-electron chi connectivity index (χ0n) is 12.8. The van der Waals surface area contributed by atoms with Crippen molar-refractivity contribution in [2.24, 2.45) is 0 Å². The lowest BCUT2D eigenvalue weighted by Crippen LogP contribution is -1.99. The van der Waals surface area contributed by atoms with Gasteiger partial charge in [-0.25, -0.2) is 9.37 Å². The van der Waals surface area contributed by atoms with Crippen LogP contribution in [0.4, 0.5) is 4.39 Å². The Kier molecular flexibility index (Phi) is 7.73. The number of aryl methyl sites for hydroxylation is 3. The van der Waals surface area contributed by atoms with E-state index in [2.05, 4.69) is 25.1 Å². The Morgan fingerprint density at radius 2 is 1.79 bits per heavy atom. The van der Waals surface area contributed by atoms with Crippen LogP contribution >= 0.6 is 0 Å². The lowest BCUT2D eigenvalue weighted by atomic mass is 10.1. The van der Waals surface area contributed by atoms with Crippen molar-refractivity contribution in [2.75, 3.05) is 0 Å². The van der Waals surface area contributed by atoms with Gasteiger partial charge in [0, 0.05) is 23.5 Å². The number of pyridine rings is 1. The predicted molar refractivity (Wildman–Crippen MR) is 81.2 cm³/mol. The van der Waals surface area contributed by atoms with Gasteiger partial charge in [-0.2, -0.15) is 0 Å². The van der Waals surface area contributed by atoms with Crippen molar-refractivity contribution in [1.29, 1.82) is 0 Å². The second kappa shape index (κ2) is 8.46. The largest absolute Gasteiger partial charge is 0.306 e. The van der Waals surface area contributed by atoms with Gasteiger partial charge >= 0.3 is 0 Å². The fourth-order valence-electron chi connectivity index (χ4n) is 1.90. The number of hydrogen-bond acceptors (Lipinski definition) is 1. The zero-order valence-corrected chi connectivity index (χ0v) is 12.8. The summed E-state index contributed by atoms with van der Waals surface area (Å²) < 4.78 is 15.8. The third-order valence-electron chi connectivity index (χ3n) is 2.61. The monoisotopic (exact) mass is 264 g/mol. The lowest BCUT2D eigenvalue weighted by molar-refractivity contribution is 0.596. The van der Waals surface area contributed by atoms with Crippen LogP contribution in [-0.4, -0.2) is 9.38 Å². The molecule has 2 rings (SSSR count). The Hall–Kier alpha value is -1.64. The number of halogens is 1. The van der Waals surface area contributed by atoms with E-state index in [0.717, 1.165) is 29.7 Å². The number of imidazole rings is 1. The molecular formula is C16H25FN2. The molecule has 0 atom stereocenters. The predicted octanol–water partition coefficient (Wildman–Crippen LogP) is 4.87. The first-order valence-electron chi connectivity index (χ1n) is 6.76. The molecule has 0 saturated heterocycles. The third-order valence-corrected chi connectivity index (χ3v) is 2.61. The van der Waals surface area contributed by atoms with Crippen LogP contribution in [0.2, 0.25) is 0 Å². The Morgan fingerprint density at radius 3 is 2.32 bits per heavy atom. The summed E-state index contributed by atoms with van der Waals surface area (Å²) >= 11 is 0. The number of fused-ring (bicyclic) bond motifs is 1. The molecule has 0 radical (unpaired) electrons. The van der Waals surface area contributed by atoms with Crippen molar-refractivity contribution in [1.82, 2.24) is 9.38 Å². The van der Waals surface area contributed by atoms with Crippen LogP contribution in [0, 0.1) is 19.7 Å². The van der Waals surface area contributed by atoms with E-state index in [1.165, 1.54) is 0 Å². The zero-order chi connectivity index (χ0) is 15.0. The molecule has 0 aliphatic carbocycles. The molecule has 2 aromatic heterocycles. The average Bonchev–Trinajstić information content (AvgIpc) is 2.81. The molecule has 3 heteroatoms. The van der Waals surface area contributed by atoms with Crippen LogP contribution in [0.3, 0.4) is 0 Å². The highest BCUT2D eigenvalue weighted by molar-refractivity contribution is 5.50. The minimum absolute atomic E-state index is 0.102. The maximum Gasteiger partial charge on any atom is 0.142 e. The van der Waals surface area contributed by atoms with E-state index in [1.807, 2.05) is 37.6 Å². The number of hydrogen-bond donors (Lipinski definition) is 0. The van der Waals surface area contributed by atoms with Crippen LogP contribution in [0.25, 0.3) is 5.65 Å². The molecule has 0 aromatic carbocycles. The van der Waals surface area contributed by atoms with Gasteiger partial charge in [-0.15, -0.1) is 13.2 Å². The molecule has 106 valence electrons. The Morgan fingerprint density at radius 1 is 1.21 bits per heavy atom. The van der Waals surface area contributed by atoms with Crippen LogP contribution < -0.4 is 0 Å². The summed E-state index contributed by atoms with van der Waals surface area (Å²) in [5, 5.41) is 0. The minimum atomic E-state index is -0.102. The highest BCUT2D eigenvalue weighted by atomic mass is 19.1. The van der Waals surface area contributed by atoms with Crippen molar-refractivity contribution in [2.45, 2.75) is 47.5 Å². The van der Waals surface area contributed by atoms with Crippen molar-refractivity contribution in [3.8, 4) is 0 Å².